The van der Waals surface area contributed by atoms with E-state index >= 15 is 0 Å². The van der Waals surface area contributed by atoms with E-state index in [4.69, 9.17) is 14.0 Å². The third-order valence-electron chi connectivity index (χ3n) is 4.55. The maximum Gasteiger partial charge on any atom is 0.269 e. The SMILES string of the molecule is CC(O)Cc1cc2c(cc1C(=NNc1ncccn1)c1ccc([N+](=O)[O-])cc1)OCO2.CS(=O)(=O)O. The van der Waals surface area contributed by atoms with Crippen LogP contribution in [0.2, 0.25) is 0 Å². The molecule has 36 heavy (non-hydrogen) atoms. The molecule has 1 aromatic heterocycles. The number of aliphatic hydroxyl groups is 1. The Balaban J connectivity index is 0.000000658. The first-order valence-corrected chi connectivity index (χ1v) is 12.2. The van der Waals surface area contributed by atoms with Crippen LogP contribution in [0.25, 0.3) is 0 Å². The van der Waals surface area contributed by atoms with Gasteiger partial charge in [0.1, 0.15) is 0 Å². The van der Waals surface area contributed by atoms with E-state index in [2.05, 4.69) is 20.5 Å². The molecule has 0 saturated heterocycles. The number of nitrogens with one attached hydrogen (secondary N) is 1. The van der Waals surface area contributed by atoms with Gasteiger partial charge in [0.05, 0.1) is 23.0 Å². The Bertz CT molecular complexity index is 1340. The largest absolute Gasteiger partial charge is 0.454 e. The number of aromatic nitrogens is 2. The molecule has 14 heteroatoms. The molecule has 13 nitrogen and oxygen atoms in total. The van der Waals surface area contributed by atoms with Crippen LogP contribution in [0.4, 0.5) is 11.6 Å². The zero-order valence-corrected chi connectivity index (χ0v) is 20.0. The number of ether oxygens (including phenoxy) is 2. The lowest BCUT2D eigenvalue weighted by atomic mass is 9.94. The quantitative estimate of drug-likeness (QED) is 0.181. The van der Waals surface area contributed by atoms with Crippen LogP contribution in [-0.4, -0.2) is 57.8 Å². The van der Waals surface area contributed by atoms with E-state index in [-0.39, 0.29) is 12.5 Å². The Morgan fingerprint density at radius 1 is 1.19 bits per heavy atom. The Labute approximate surface area is 206 Å². The molecule has 1 atom stereocenters. The maximum absolute atomic E-state index is 11.1. The van der Waals surface area contributed by atoms with Gasteiger partial charge >= 0.3 is 0 Å². The third-order valence-corrected chi connectivity index (χ3v) is 4.55. The van der Waals surface area contributed by atoms with Crippen molar-refractivity contribution in [2.75, 3.05) is 18.5 Å². The second-order valence-electron chi connectivity index (χ2n) is 7.60. The number of nitrogens with zero attached hydrogens (tertiary/aromatic N) is 4. The second kappa shape index (κ2) is 11.5. The molecular weight excluding hydrogens is 494 g/mol. The van der Waals surface area contributed by atoms with Crippen molar-refractivity contribution < 1.29 is 32.5 Å². The van der Waals surface area contributed by atoms with Gasteiger partial charge in [-0.1, -0.05) is 0 Å². The van der Waals surface area contributed by atoms with Crippen LogP contribution in [0.3, 0.4) is 0 Å². The molecular formula is C22H23N5O8S. The summed E-state index contributed by atoms with van der Waals surface area (Å²) in [5.41, 5.74) is 5.37. The highest BCUT2D eigenvalue weighted by Crippen LogP contribution is 2.36. The average molecular weight is 518 g/mol. The number of non-ortho nitro benzene ring substituents is 1. The summed E-state index contributed by atoms with van der Waals surface area (Å²) in [6.45, 7) is 1.79. The van der Waals surface area contributed by atoms with Gasteiger partial charge in [0.2, 0.25) is 12.7 Å². The number of nitro benzene ring substituents is 1. The fourth-order valence-electron chi connectivity index (χ4n) is 3.18. The standard InChI is InChI=1S/C21H19N5O5.CH4O3S/c1-13(27)9-15-10-18-19(31-12-30-18)11-17(15)20(24-25-21-22-7-2-8-23-21)14-3-5-16(6-4-14)26(28)29;1-5(2,3)4/h2-8,10-11,13,27H,9,12H2,1H3,(H,22,23,25);1H3,(H,2,3,4). The van der Waals surface area contributed by atoms with Crippen molar-refractivity contribution in [3.63, 3.8) is 0 Å². The van der Waals surface area contributed by atoms with Gasteiger partial charge in [0.15, 0.2) is 11.5 Å². The minimum atomic E-state index is -3.67. The molecule has 190 valence electrons. The van der Waals surface area contributed by atoms with Crippen LogP contribution in [0, 0.1) is 10.1 Å². The first kappa shape index (κ1) is 26.5. The van der Waals surface area contributed by atoms with Crippen LogP contribution < -0.4 is 14.9 Å². The molecule has 1 aliphatic rings. The molecule has 3 aromatic rings. The van der Waals surface area contributed by atoms with E-state index in [9.17, 15) is 23.6 Å². The molecule has 3 N–H and O–H groups in total. The molecule has 1 unspecified atom stereocenters. The van der Waals surface area contributed by atoms with Crippen LogP contribution in [0.5, 0.6) is 11.5 Å². The summed E-state index contributed by atoms with van der Waals surface area (Å²) < 4.78 is 36.9. The number of benzene rings is 2. The summed E-state index contributed by atoms with van der Waals surface area (Å²) in [7, 11) is -3.67. The van der Waals surface area contributed by atoms with E-state index in [0.717, 1.165) is 5.56 Å². The smallest absolute Gasteiger partial charge is 0.269 e. The highest BCUT2D eigenvalue weighted by Gasteiger charge is 2.22. The fraction of sp³-hybridized carbons (Fsp3) is 0.227. The van der Waals surface area contributed by atoms with E-state index in [1.165, 1.54) is 12.1 Å². The minimum absolute atomic E-state index is 0.0302. The van der Waals surface area contributed by atoms with Crippen LogP contribution in [0.1, 0.15) is 23.6 Å². The van der Waals surface area contributed by atoms with Gasteiger partial charge < -0.3 is 14.6 Å². The molecule has 0 fully saturated rings. The van der Waals surface area contributed by atoms with Gasteiger partial charge in [0, 0.05) is 35.7 Å². The van der Waals surface area contributed by atoms with Crippen molar-refractivity contribution in [3.8, 4) is 11.5 Å². The van der Waals surface area contributed by atoms with Crippen LogP contribution >= 0.6 is 0 Å². The molecule has 1 aliphatic heterocycles. The van der Waals surface area contributed by atoms with Crippen molar-refractivity contribution in [2.24, 2.45) is 5.10 Å². The summed E-state index contributed by atoms with van der Waals surface area (Å²) in [6.07, 6.45) is 3.61. The summed E-state index contributed by atoms with van der Waals surface area (Å²) in [6, 6.07) is 11.3. The third kappa shape index (κ3) is 7.69. The van der Waals surface area contributed by atoms with Crippen molar-refractivity contribution in [1.29, 1.82) is 0 Å². The Hall–Kier alpha value is -4.14. The number of hydrogen-bond donors (Lipinski definition) is 3. The van der Waals surface area contributed by atoms with Gasteiger partial charge in [0.25, 0.3) is 15.8 Å². The van der Waals surface area contributed by atoms with Gasteiger partial charge in [-0.3, -0.25) is 14.7 Å². The summed E-state index contributed by atoms with van der Waals surface area (Å²) in [4.78, 5) is 18.8. The highest BCUT2D eigenvalue weighted by atomic mass is 32.2. The average Bonchev–Trinajstić information content (AvgIpc) is 3.26. The number of hydrogen-bond acceptors (Lipinski definition) is 11. The molecule has 0 bridgehead atoms. The normalized spacial score (nSPS) is 13.4. The Morgan fingerprint density at radius 2 is 1.78 bits per heavy atom. The van der Waals surface area contributed by atoms with Gasteiger partial charge in [-0.25, -0.2) is 15.4 Å². The number of nitro groups is 1. The van der Waals surface area contributed by atoms with Gasteiger partial charge in [-0.05, 0) is 49.2 Å². The molecule has 0 saturated carbocycles. The lowest BCUT2D eigenvalue weighted by Gasteiger charge is -2.15. The van der Waals surface area contributed by atoms with Crippen LogP contribution in [0.15, 0.2) is 60.0 Å². The van der Waals surface area contributed by atoms with Crippen LogP contribution in [-0.2, 0) is 16.5 Å². The molecule has 0 spiro atoms. The first-order valence-electron chi connectivity index (χ1n) is 10.4. The Kier molecular flexibility index (Phi) is 8.47. The predicted octanol–water partition coefficient (Wildman–Crippen LogP) is 2.41. The van der Waals surface area contributed by atoms with E-state index in [1.54, 1.807) is 43.6 Å². The number of hydrazone groups is 1. The van der Waals surface area contributed by atoms with E-state index in [0.29, 0.717) is 47.0 Å². The zero-order chi connectivity index (χ0) is 26.3. The van der Waals surface area contributed by atoms with Crippen molar-refractivity contribution in [2.45, 2.75) is 19.4 Å². The highest BCUT2D eigenvalue weighted by molar-refractivity contribution is 7.85. The fourth-order valence-corrected chi connectivity index (χ4v) is 3.18. The van der Waals surface area contributed by atoms with Crippen molar-refractivity contribution >= 4 is 27.5 Å². The second-order valence-corrected chi connectivity index (χ2v) is 9.06. The summed E-state index contributed by atoms with van der Waals surface area (Å²) in [5, 5.41) is 25.6. The minimum Gasteiger partial charge on any atom is -0.454 e. The first-order chi connectivity index (χ1) is 17.0. The summed E-state index contributed by atoms with van der Waals surface area (Å²) in [5.74, 6) is 1.43. The molecule has 2 aromatic carbocycles. The molecule has 0 aliphatic carbocycles. The number of anilines is 1. The van der Waals surface area contributed by atoms with E-state index in [1.807, 2.05) is 6.07 Å². The monoisotopic (exact) mass is 517 g/mol. The Morgan fingerprint density at radius 3 is 2.33 bits per heavy atom. The van der Waals surface area contributed by atoms with Gasteiger partial charge in [-0.2, -0.15) is 13.5 Å². The topological polar surface area (TPSA) is 186 Å². The summed E-state index contributed by atoms with van der Waals surface area (Å²) >= 11 is 0. The number of aliphatic hydroxyl groups excluding tert-OH is 1. The van der Waals surface area contributed by atoms with Gasteiger partial charge in [-0.15, -0.1) is 0 Å². The lowest BCUT2D eigenvalue weighted by molar-refractivity contribution is -0.384. The maximum atomic E-state index is 11.1. The molecule has 2 heterocycles. The van der Waals surface area contributed by atoms with Crippen molar-refractivity contribution in [1.82, 2.24) is 9.97 Å². The van der Waals surface area contributed by atoms with E-state index < -0.39 is 21.1 Å². The lowest BCUT2D eigenvalue weighted by Crippen LogP contribution is -2.14. The molecule has 0 amide bonds. The predicted molar refractivity (Wildman–Crippen MR) is 130 cm³/mol. The number of fused-ring (bicyclic) bond motifs is 1. The molecule has 0 radical (unpaired) electrons. The molecule has 4 rings (SSSR count). The zero-order valence-electron chi connectivity index (χ0n) is 19.2. The van der Waals surface area contributed by atoms with Crippen molar-refractivity contribution in [3.05, 3.63) is 81.7 Å². The number of rotatable bonds is 7.